The van der Waals surface area contributed by atoms with Crippen LogP contribution in [-0.4, -0.2) is 35.3 Å². The summed E-state index contributed by atoms with van der Waals surface area (Å²) in [5.74, 6) is -0.886. The van der Waals surface area contributed by atoms with Crippen LogP contribution >= 0.6 is 0 Å². The van der Waals surface area contributed by atoms with Crippen LogP contribution in [0.25, 0.3) is 10.9 Å². The van der Waals surface area contributed by atoms with Gasteiger partial charge in [0.1, 0.15) is 5.82 Å². The van der Waals surface area contributed by atoms with Gasteiger partial charge in [0.25, 0.3) is 0 Å². The summed E-state index contributed by atoms with van der Waals surface area (Å²) in [4.78, 5) is 28.4. The van der Waals surface area contributed by atoms with Gasteiger partial charge in [-0.2, -0.15) is 0 Å². The first kappa shape index (κ1) is 18.6. The summed E-state index contributed by atoms with van der Waals surface area (Å²) in [5, 5.41) is 3.62. The van der Waals surface area contributed by atoms with Gasteiger partial charge in [-0.15, -0.1) is 0 Å². The Morgan fingerprint density at radius 2 is 1.89 bits per heavy atom. The van der Waals surface area contributed by atoms with Crippen LogP contribution < -0.4 is 11.1 Å². The number of halogens is 1. The van der Waals surface area contributed by atoms with E-state index < -0.39 is 5.91 Å². The molecular weight excluding hydrogens is 347 g/mol. The fourth-order valence-corrected chi connectivity index (χ4v) is 2.85. The van der Waals surface area contributed by atoms with Crippen LogP contribution in [0.1, 0.15) is 22.5 Å². The average molecular weight is 368 g/mol. The van der Waals surface area contributed by atoms with E-state index in [2.05, 4.69) is 10.3 Å². The fraction of sp³-hybridized carbons (Fsp3) is 0.200. The van der Waals surface area contributed by atoms with Crippen molar-refractivity contribution in [1.82, 2.24) is 9.88 Å². The number of aromatic amines is 1. The molecule has 3 rings (SSSR count). The van der Waals surface area contributed by atoms with Crippen molar-refractivity contribution < 1.29 is 14.0 Å². The lowest BCUT2D eigenvalue weighted by atomic mass is 10.2. The van der Waals surface area contributed by atoms with Gasteiger partial charge in [0.05, 0.1) is 0 Å². The highest BCUT2D eigenvalue weighted by Crippen LogP contribution is 2.17. The summed E-state index contributed by atoms with van der Waals surface area (Å²) in [5.41, 5.74) is 8.04. The van der Waals surface area contributed by atoms with E-state index in [1.165, 1.54) is 12.1 Å². The van der Waals surface area contributed by atoms with Gasteiger partial charge in [0.15, 0.2) is 0 Å². The molecule has 0 fully saturated rings. The Morgan fingerprint density at radius 3 is 2.59 bits per heavy atom. The quantitative estimate of drug-likeness (QED) is 0.599. The van der Waals surface area contributed by atoms with Crippen LogP contribution in [0.3, 0.4) is 0 Å². The molecule has 0 unspecified atom stereocenters. The largest absolute Gasteiger partial charge is 0.366 e. The van der Waals surface area contributed by atoms with E-state index >= 15 is 0 Å². The minimum atomic E-state index is -0.505. The van der Waals surface area contributed by atoms with Gasteiger partial charge < -0.3 is 20.9 Å². The number of rotatable bonds is 7. The molecule has 0 bridgehead atoms. The molecule has 140 valence electrons. The molecule has 3 aromatic rings. The van der Waals surface area contributed by atoms with Gasteiger partial charge in [-0.25, -0.2) is 4.39 Å². The van der Waals surface area contributed by atoms with E-state index in [1.54, 1.807) is 30.3 Å². The molecule has 7 heteroatoms. The highest BCUT2D eigenvalue weighted by molar-refractivity contribution is 5.94. The number of carbonyl (C=O) groups is 2. The summed E-state index contributed by atoms with van der Waals surface area (Å²) in [6, 6.07) is 13.0. The van der Waals surface area contributed by atoms with E-state index in [1.807, 2.05) is 18.0 Å². The third kappa shape index (κ3) is 4.92. The number of amides is 2. The predicted molar refractivity (Wildman–Crippen MR) is 103 cm³/mol. The van der Waals surface area contributed by atoms with Gasteiger partial charge >= 0.3 is 0 Å². The molecule has 6 nitrogen and oxygen atoms in total. The zero-order chi connectivity index (χ0) is 19.4. The Labute approximate surface area is 156 Å². The molecule has 4 N–H and O–H groups in total. The van der Waals surface area contributed by atoms with Crippen molar-refractivity contribution >= 4 is 28.4 Å². The van der Waals surface area contributed by atoms with E-state index in [4.69, 9.17) is 5.73 Å². The van der Waals surface area contributed by atoms with Gasteiger partial charge in [0, 0.05) is 47.4 Å². The molecule has 2 aromatic carbocycles. The molecule has 0 radical (unpaired) electrons. The maximum atomic E-state index is 13.3. The number of primary amides is 1. The summed E-state index contributed by atoms with van der Waals surface area (Å²) in [7, 11) is 1.92. The molecule has 0 aliphatic carbocycles. The van der Waals surface area contributed by atoms with Crippen molar-refractivity contribution in [2.24, 2.45) is 5.73 Å². The number of carbonyl (C=O) groups excluding carboxylic acids is 2. The highest BCUT2D eigenvalue weighted by Gasteiger charge is 2.09. The number of nitrogens with two attached hydrogens (primary N) is 1. The zero-order valence-electron chi connectivity index (χ0n) is 15.0. The lowest BCUT2D eigenvalue weighted by molar-refractivity contribution is -0.116. The number of nitrogens with one attached hydrogen (secondary N) is 2. The number of H-pyrrole nitrogens is 1. The SMILES string of the molecule is CN(CCC(=O)Nc1ccc(C(N)=O)cc1)Cc1cc2cc(F)ccc2[nH]1. The number of hydrogen-bond acceptors (Lipinski definition) is 3. The number of anilines is 1. The minimum Gasteiger partial charge on any atom is -0.366 e. The Balaban J connectivity index is 1.49. The fourth-order valence-electron chi connectivity index (χ4n) is 2.85. The van der Waals surface area contributed by atoms with Gasteiger partial charge in [-0.1, -0.05) is 0 Å². The average Bonchev–Trinajstić information content (AvgIpc) is 3.01. The Kier molecular flexibility index (Phi) is 5.52. The van der Waals surface area contributed by atoms with Crippen LogP contribution in [0.15, 0.2) is 48.5 Å². The van der Waals surface area contributed by atoms with Crippen molar-refractivity contribution in [2.45, 2.75) is 13.0 Å². The molecule has 0 atom stereocenters. The molecular formula is C20H21FN4O2. The molecule has 1 aromatic heterocycles. The summed E-state index contributed by atoms with van der Waals surface area (Å²) in [6.45, 7) is 1.19. The second kappa shape index (κ2) is 8.01. The Bertz CT molecular complexity index is 966. The third-order valence-electron chi connectivity index (χ3n) is 4.25. The minimum absolute atomic E-state index is 0.118. The number of benzene rings is 2. The summed E-state index contributed by atoms with van der Waals surface area (Å²) in [6.07, 6.45) is 0.322. The second-order valence-electron chi connectivity index (χ2n) is 6.50. The zero-order valence-corrected chi connectivity index (χ0v) is 15.0. The molecule has 0 saturated carbocycles. The number of aromatic nitrogens is 1. The molecule has 0 saturated heterocycles. The first-order valence-electron chi connectivity index (χ1n) is 8.56. The van der Waals surface area contributed by atoms with Crippen molar-refractivity contribution in [3.05, 3.63) is 65.6 Å². The Hall–Kier alpha value is -3.19. The van der Waals surface area contributed by atoms with Crippen LogP contribution in [-0.2, 0) is 11.3 Å². The first-order valence-corrected chi connectivity index (χ1v) is 8.56. The molecule has 2 amide bonds. The normalized spacial score (nSPS) is 11.1. The lowest BCUT2D eigenvalue weighted by Gasteiger charge is -2.15. The van der Waals surface area contributed by atoms with Crippen LogP contribution in [0.4, 0.5) is 10.1 Å². The number of hydrogen-bond donors (Lipinski definition) is 3. The summed E-state index contributed by atoms with van der Waals surface area (Å²) < 4.78 is 13.3. The molecule has 1 heterocycles. The molecule has 27 heavy (non-hydrogen) atoms. The van der Waals surface area contributed by atoms with E-state index in [0.29, 0.717) is 30.8 Å². The number of nitrogens with zero attached hydrogens (tertiary/aromatic N) is 1. The summed E-state index contributed by atoms with van der Waals surface area (Å²) >= 11 is 0. The van der Waals surface area contributed by atoms with Crippen molar-refractivity contribution in [1.29, 1.82) is 0 Å². The predicted octanol–water partition coefficient (Wildman–Crippen LogP) is 2.87. The van der Waals surface area contributed by atoms with Gasteiger partial charge in [-0.05, 0) is 55.6 Å². The van der Waals surface area contributed by atoms with Crippen molar-refractivity contribution in [3.63, 3.8) is 0 Å². The first-order chi connectivity index (χ1) is 12.9. The monoisotopic (exact) mass is 368 g/mol. The van der Waals surface area contributed by atoms with E-state index in [-0.39, 0.29) is 11.7 Å². The lowest BCUT2D eigenvalue weighted by Crippen LogP contribution is -2.24. The van der Waals surface area contributed by atoms with Crippen molar-refractivity contribution in [3.8, 4) is 0 Å². The standard InChI is InChI=1S/C20H21FN4O2/c1-25(12-17-11-14-10-15(21)4-7-18(14)23-17)9-8-19(26)24-16-5-2-13(3-6-16)20(22)27/h2-7,10-11,23H,8-9,12H2,1H3,(H2,22,27)(H,24,26). The number of fused-ring (bicyclic) bond motifs is 1. The molecule has 0 aliphatic rings. The molecule has 0 spiro atoms. The van der Waals surface area contributed by atoms with E-state index in [0.717, 1.165) is 16.6 Å². The third-order valence-corrected chi connectivity index (χ3v) is 4.25. The van der Waals surface area contributed by atoms with Crippen LogP contribution in [0.5, 0.6) is 0 Å². The second-order valence-corrected chi connectivity index (χ2v) is 6.50. The van der Waals surface area contributed by atoms with Crippen LogP contribution in [0, 0.1) is 5.82 Å². The van der Waals surface area contributed by atoms with Crippen LogP contribution in [0.2, 0.25) is 0 Å². The topological polar surface area (TPSA) is 91.2 Å². The van der Waals surface area contributed by atoms with Gasteiger partial charge in [0.2, 0.25) is 11.8 Å². The highest BCUT2D eigenvalue weighted by atomic mass is 19.1. The van der Waals surface area contributed by atoms with Gasteiger partial charge in [-0.3, -0.25) is 9.59 Å². The maximum Gasteiger partial charge on any atom is 0.248 e. The van der Waals surface area contributed by atoms with Crippen molar-refractivity contribution in [2.75, 3.05) is 18.9 Å². The molecule has 0 aliphatic heterocycles. The smallest absolute Gasteiger partial charge is 0.248 e. The maximum absolute atomic E-state index is 13.3. The van der Waals surface area contributed by atoms with E-state index in [9.17, 15) is 14.0 Å². The Morgan fingerprint density at radius 1 is 1.15 bits per heavy atom.